The highest BCUT2D eigenvalue weighted by atomic mass is 32.2. The van der Waals surface area contributed by atoms with Crippen LogP contribution in [0.5, 0.6) is 0 Å². The lowest BCUT2D eigenvalue weighted by molar-refractivity contribution is -0.140. The highest BCUT2D eigenvalue weighted by molar-refractivity contribution is 7.89. The molecule has 0 spiro atoms. The van der Waals surface area contributed by atoms with E-state index in [-0.39, 0.29) is 10.5 Å². The number of sulfonamides is 1. The van der Waals surface area contributed by atoms with E-state index in [1.165, 1.54) is 33.2 Å². The molecule has 0 unspecified atom stereocenters. The van der Waals surface area contributed by atoms with Crippen LogP contribution in [0.3, 0.4) is 0 Å². The summed E-state index contributed by atoms with van der Waals surface area (Å²) in [6.07, 6.45) is -4.58. The standard InChI is InChI=1S/C14H17F3N2O5S/c1-9-4-5-10(25(22,23)19(2)3)6-11(9)13(21)24-7-12(20)18-8-14(15,16)17/h4-6H,7-8H2,1-3H3,(H,18,20). The SMILES string of the molecule is Cc1ccc(S(=O)(=O)N(C)C)cc1C(=O)OCC(=O)NCC(F)(F)F. The van der Waals surface area contributed by atoms with Crippen LogP contribution in [-0.2, 0) is 19.6 Å². The minimum absolute atomic E-state index is 0.105. The van der Waals surface area contributed by atoms with Crippen molar-refractivity contribution in [3.8, 4) is 0 Å². The largest absolute Gasteiger partial charge is 0.452 e. The maximum atomic E-state index is 12.1. The molecule has 0 aromatic heterocycles. The summed E-state index contributed by atoms with van der Waals surface area (Å²) < 4.78 is 65.6. The highest BCUT2D eigenvalue weighted by Crippen LogP contribution is 2.19. The van der Waals surface area contributed by atoms with Gasteiger partial charge >= 0.3 is 12.1 Å². The Morgan fingerprint density at radius 3 is 2.36 bits per heavy atom. The van der Waals surface area contributed by atoms with Gasteiger partial charge in [0.15, 0.2) is 6.61 Å². The topological polar surface area (TPSA) is 92.8 Å². The number of carbonyl (C=O) groups excluding carboxylic acids is 2. The molecule has 1 rings (SSSR count). The molecule has 11 heteroatoms. The fourth-order valence-electron chi connectivity index (χ4n) is 1.65. The molecule has 1 aromatic carbocycles. The summed E-state index contributed by atoms with van der Waals surface area (Å²) in [7, 11) is -1.15. The molecule has 0 heterocycles. The van der Waals surface area contributed by atoms with Gasteiger partial charge in [0.25, 0.3) is 5.91 Å². The summed E-state index contributed by atoms with van der Waals surface area (Å²) in [4.78, 5) is 23.1. The van der Waals surface area contributed by atoms with Gasteiger partial charge in [-0.25, -0.2) is 17.5 Å². The lowest BCUT2D eigenvalue weighted by Crippen LogP contribution is -2.36. The molecule has 0 saturated carbocycles. The molecule has 1 aromatic rings. The van der Waals surface area contributed by atoms with E-state index in [2.05, 4.69) is 4.74 Å². The summed E-state index contributed by atoms with van der Waals surface area (Å²) in [5.41, 5.74) is 0.282. The van der Waals surface area contributed by atoms with E-state index < -0.39 is 41.2 Å². The van der Waals surface area contributed by atoms with Gasteiger partial charge in [0.05, 0.1) is 10.5 Å². The molecule has 7 nitrogen and oxygen atoms in total. The number of hydrogen-bond acceptors (Lipinski definition) is 5. The van der Waals surface area contributed by atoms with Crippen LogP contribution in [0, 0.1) is 6.92 Å². The van der Waals surface area contributed by atoms with Gasteiger partial charge in [0.2, 0.25) is 10.0 Å². The number of esters is 1. The van der Waals surface area contributed by atoms with Crippen molar-refractivity contribution >= 4 is 21.9 Å². The number of nitrogens with zero attached hydrogens (tertiary/aromatic N) is 1. The average Bonchev–Trinajstić information content (AvgIpc) is 2.49. The van der Waals surface area contributed by atoms with E-state index in [0.717, 1.165) is 10.4 Å². The van der Waals surface area contributed by atoms with Gasteiger partial charge in [-0.2, -0.15) is 13.2 Å². The number of nitrogens with one attached hydrogen (secondary N) is 1. The molecular formula is C14H17F3N2O5S. The minimum Gasteiger partial charge on any atom is -0.452 e. The Morgan fingerprint density at radius 1 is 1.24 bits per heavy atom. The Labute approximate surface area is 142 Å². The number of benzene rings is 1. The van der Waals surface area contributed by atoms with Gasteiger partial charge in [-0.1, -0.05) is 6.07 Å². The van der Waals surface area contributed by atoms with Crippen molar-refractivity contribution in [1.82, 2.24) is 9.62 Å². The Balaban J connectivity index is 2.84. The Kier molecular flexibility index (Phi) is 6.54. The number of amides is 1. The molecule has 0 aliphatic heterocycles. The first kappa shape index (κ1) is 20.9. The van der Waals surface area contributed by atoms with Crippen molar-refractivity contribution in [1.29, 1.82) is 0 Å². The van der Waals surface area contributed by atoms with Crippen LogP contribution in [0.25, 0.3) is 0 Å². The molecule has 0 fully saturated rings. The smallest absolute Gasteiger partial charge is 0.405 e. The van der Waals surface area contributed by atoms with Crippen LogP contribution >= 0.6 is 0 Å². The number of rotatable bonds is 6. The van der Waals surface area contributed by atoms with Crippen LogP contribution in [0.4, 0.5) is 13.2 Å². The van der Waals surface area contributed by atoms with E-state index in [1.807, 2.05) is 0 Å². The summed E-state index contributed by atoms with van der Waals surface area (Å²) in [6, 6.07) is 3.77. The Bertz CT molecular complexity index is 760. The quantitative estimate of drug-likeness (QED) is 0.744. The first-order chi connectivity index (χ1) is 11.3. The number of alkyl halides is 3. The van der Waals surface area contributed by atoms with Crippen molar-refractivity contribution < 1.29 is 35.9 Å². The first-order valence-electron chi connectivity index (χ1n) is 6.88. The molecule has 0 radical (unpaired) electrons. The first-order valence-corrected chi connectivity index (χ1v) is 8.32. The second kappa shape index (κ2) is 7.83. The normalized spacial score (nSPS) is 12.1. The zero-order valence-corrected chi connectivity index (χ0v) is 14.5. The van der Waals surface area contributed by atoms with Crippen molar-refractivity contribution in [2.75, 3.05) is 27.2 Å². The highest BCUT2D eigenvalue weighted by Gasteiger charge is 2.28. The fourth-order valence-corrected chi connectivity index (χ4v) is 2.58. The molecule has 0 atom stereocenters. The maximum Gasteiger partial charge on any atom is 0.405 e. The lowest BCUT2D eigenvalue weighted by Gasteiger charge is -2.13. The summed E-state index contributed by atoms with van der Waals surface area (Å²) in [5, 5.41) is 1.55. The van der Waals surface area contributed by atoms with Crippen molar-refractivity contribution in [2.24, 2.45) is 0 Å². The molecule has 0 aliphatic rings. The number of aryl methyl sites for hydroxylation is 1. The summed E-state index contributed by atoms with van der Waals surface area (Å²) in [5.74, 6) is -2.14. The van der Waals surface area contributed by atoms with E-state index >= 15 is 0 Å². The van der Waals surface area contributed by atoms with Gasteiger partial charge in [0, 0.05) is 14.1 Å². The third-order valence-electron chi connectivity index (χ3n) is 3.03. The predicted molar refractivity (Wildman–Crippen MR) is 81.4 cm³/mol. The van der Waals surface area contributed by atoms with Crippen LogP contribution in [0.1, 0.15) is 15.9 Å². The van der Waals surface area contributed by atoms with Crippen LogP contribution in [0.2, 0.25) is 0 Å². The Hall–Kier alpha value is -2.14. The van der Waals surface area contributed by atoms with E-state index in [4.69, 9.17) is 0 Å². The van der Waals surface area contributed by atoms with Crippen LogP contribution in [-0.4, -0.2) is 58.0 Å². The lowest BCUT2D eigenvalue weighted by atomic mass is 10.1. The van der Waals surface area contributed by atoms with Gasteiger partial charge < -0.3 is 10.1 Å². The van der Waals surface area contributed by atoms with Crippen molar-refractivity contribution in [3.63, 3.8) is 0 Å². The average molecular weight is 382 g/mol. The maximum absolute atomic E-state index is 12.1. The van der Waals surface area contributed by atoms with Crippen LogP contribution in [0.15, 0.2) is 23.1 Å². The second-order valence-electron chi connectivity index (χ2n) is 5.23. The third kappa shape index (κ3) is 6.02. The second-order valence-corrected chi connectivity index (χ2v) is 7.38. The summed E-state index contributed by atoms with van der Waals surface area (Å²) >= 11 is 0. The monoisotopic (exact) mass is 382 g/mol. The zero-order valence-electron chi connectivity index (χ0n) is 13.7. The molecule has 140 valence electrons. The zero-order chi connectivity index (χ0) is 19.4. The molecular weight excluding hydrogens is 365 g/mol. The van der Waals surface area contributed by atoms with Gasteiger partial charge in [0.1, 0.15) is 6.54 Å². The van der Waals surface area contributed by atoms with E-state index in [9.17, 15) is 31.2 Å². The number of halogens is 3. The molecule has 0 aliphatic carbocycles. The third-order valence-corrected chi connectivity index (χ3v) is 4.84. The number of carbonyl (C=O) groups is 2. The molecule has 0 bridgehead atoms. The Morgan fingerprint density at radius 2 is 1.84 bits per heavy atom. The summed E-state index contributed by atoms with van der Waals surface area (Å²) in [6.45, 7) is -0.940. The molecule has 25 heavy (non-hydrogen) atoms. The molecule has 0 saturated heterocycles. The van der Waals surface area contributed by atoms with Gasteiger partial charge in [-0.15, -0.1) is 0 Å². The molecule has 1 amide bonds. The predicted octanol–water partition coefficient (Wildman–Crippen LogP) is 1.08. The van der Waals surface area contributed by atoms with E-state index in [1.54, 1.807) is 5.32 Å². The van der Waals surface area contributed by atoms with Gasteiger partial charge in [-0.05, 0) is 24.6 Å². The number of hydrogen-bond donors (Lipinski definition) is 1. The van der Waals surface area contributed by atoms with Crippen molar-refractivity contribution in [3.05, 3.63) is 29.3 Å². The molecule has 1 N–H and O–H groups in total. The van der Waals surface area contributed by atoms with Gasteiger partial charge in [-0.3, -0.25) is 4.79 Å². The fraction of sp³-hybridized carbons (Fsp3) is 0.429. The van der Waals surface area contributed by atoms with Crippen molar-refractivity contribution in [2.45, 2.75) is 18.0 Å². The van der Waals surface area contributed by atoms with Crippen LogP contribution < -0.4 is 5.32 Å². The van der Waals surface area contributed by atoms with E-state index in [0.29, 0.717) is 5.56 Å². The number of ether oxygens (including phenoxy) is 1. The minimum atomic E-state index is -4.58.